The van der Waals surface area contributed by atoms with E-state index < -0.39 is 27.9 Å². The van der Waals surface area contributed by atoms with Crippen molar-refractivity contribution in [1.82, 2.24) is 10.2 Å². The molecule has 4 saturated carbocycles. The summed E-state index contributed by atoms with van der Waals surface area (Å²) in [5.41, 5.74) is 2.39. The molecule has 0 aromatic heterocycles. The van der Waals surface area contributed by atoms with Crippen LogP contribution in [-0.4, -0.2) is 74.3 Å². The van der Waals surface area contributed by atoms with Crippen molar-refractivity contribution in [2.24, 2.45) is 68.5 Å². The van der Waals surface area contributed by atoms with Crippen molar-refractivity contribution < 1.29 is 22.7 Å². The Bertz CT molecular complexity index is 1610. The fourth-order valence-corrected chi connectivity index (χ4v) is 17.1. The van der Waals surface area contributed by atoms with Crippen LogP contribution in [0.5, 0.6) is 0 Å². The van der Waals surface area contributed by atoms with Crippen molar-refractivity contribution in [2.75, 3.05) is 44.4 Å². The average Bonchev–Trinajstić information content (AvgIpc) is 3.40. The predicted molar refractivity (Wildman–Crippen MR) is 213 cm³/mol. The van der Waals surface area contributed by atoms with Crippen LogP contribution in [0.2, 0.25) is 0 Å². The van der Waals surface area contributed by atoms with Gasteiger partial charge in [-0.15, -0.1) is 0 Å². The molecule has 1 saturated heterocycles. The summed E-state index contributed by atoms with van der Waals surface area (Å²) >= 11 is 0. The molecule has 0 aromatic rings. The predicted octanol–water partition coefficient (Wildman–Crippen LogP) is 9.12. The number of alkyl halides is 1. The van der Waals surface area contributed by atoms with Crippen LogP contribution in [0.25, 0.3) is 0 Å². The van der Waals surface area contributed by atoms with Crippen molar-refractivity contribution in [2.45, 2.75) is 138 Å². The van der Waals surface area contributed by atoms with E-state index in [2.05, 4.69) is 77.8 Å². The second-order valence-electron chi connectivity index (χ2n) is 21.4. The third-order valence-electron chi connectivity index (χ3n) is 18.3. The van der Waals surface area contributed by atoms with E-state index in [0.29, 0.717) is 72.3 Å². The second kappa shape index (κ2) is 13.7. The van der Waals surface area contributed by atoms with Crippen LogP contribution in [0.3, 0.4) is 0 Å². The SMILES string of the molecule is CC1CN(CCN[C@]23CC[C@@H](C(C)C)[C@@H]2[C@H]2CC[C@@H]4[C@@]5(C)CC=C(C6=CC[C@](CF)(C(=O)O)CC6)C(C)(C)[C@@H]5CC[C@@]4(C)[C@]2(C)CC3)CCS(=O)(=O)C1. The molecule has 1 unspecified atom stereocenters. The third-order valence-corrected chi connectivity index (χ3v) is 20.2. The number of fused-ring (bicyclic) bond motifs is 7. The standard InChI is InChI=1S/C45H73FN2O4S/c1-30(2)33-13-20-45(47-23-24-48-25-26-53(51,52)28-31(3)27-48)22-21-42(7)35(38(33)45)9-10-37-41(6)16-14-34(40(4,5)36(41)15-17-43(37,42)8)32-11-18-44(29-46,19-12-32)39(49)50/h11,14,30-31,33,35-38,47H,9-10,12-13,15-29H2,1-8H3,(H,49,50)/t31?,33-,35+,36-,37+,38+,41-,42+,43+,44-,45-/m0/s1. The lowest BCUT2D eigenvalue weighted by Crippen LogP contribution is -2.68. The third kappa shape index (κ3) is 6.26. The first-order valence-corrected chi connectivity index (χ1v) is 23.5. The second-order valence-corrected chi connectivity index (χ2v) is 23.7. The first-order valence-electron chi connectivity index (χ1n) is 21.6. The molecule has 1 aliphatic heterocycles. The van der Waals surface area contributed by atoms with E-state index in [-0.39, 0.29) is 27.7 Å². The van der Waals surface area contributed by atoms with Crippen molar-refractivity contribution in [3.8, 4) is 0 Å². The smallest absolute Gasteiger partial charge is 0.312 e. The summed E-state index contributed by atoms with van der Waals surface area (Å²) in [7, 11) is -2.95. The largest absolute Gasteiger partial charge is 0.481 e. The normalized spacial score (nSPS) is 46.6. The van der Waals surface area contributed by atoms with E-state index in [9.17, 15) is 22.7 Å². The lowest BCUT2D eigenvalue weighted by molar-refractivity contribution is -0.223. The Kier molecular flexibility index (Phi) is 10.3. The Morgan fingerprint density at radius 1 is 0.962 bits per heavy atom. The van der Waals surface area contributed by atoms with Crippen LogP contribution in [0.4, 0.5) is 4.39 Å². The molecule has 53 heavy (non-hydrogen) atoms. The number of carboxylic acid groups (broad SMARTS) is 1. The number of halogens is 1. The summed E-state index contributed by atoms with van der Waals surface area (Å²) in [6.07, 6.45) is 17.3. The summed E-state index contributed by atoms with van der Waals surface area (Å²) in [6, 6.07) is 0. The van der Waals surface area contributed by atoms with Gasteiger partial charge in [0.25, 0.3) is 0 Å². The molecule has 7 rings (SSSR count). The van der Waals surface area contributed by atoms with Gasteiger partial charge in [0.15, 0.2) is 9.84 Å². The van der Waals surface area contributed by atoms with E-state index >= 15 is 0 Å². The summed E-state index contributed by atoms with van der Waals surface area (Å²) in [5, 5.41) is 14.1. The molecule has 0 aromatic carbocycles. The van der Waals surface area contributed by atoms with Gasteiger partial charge in [-0.2, -0.15) is 0 Å². The fraction of sp³-hybridized carbons (Fsp3) is 0.889. The topological polar surface area (TPSA) is 86.7 Å². The number of allylic oxidation sites excluding steroid dienone is 4. The number of rotatable bonds is 8. The maximum Gasteiger partial charge on any atom is 0.312 e. The van der Waals surface area contributed by atoms with Crippen LogP contribution in [0.15, 0.2) is 23.3 Å². The van der Waals surface area contributed by atoms with Crippen LogP contribution >= 0.6 is 0 Å². The monoisotopic (exact) mass is 757 g/mol. The maximum atomic E-state index is 14.0. The van der Waals surface area contributed by atoms with Gasteiger partial charge in [0.05, 0.1) is 16.9 Å². The highest BCUT2D eigenvalue weighted by Crippen LogP contribution is 2.76. The fourth-order valence-electron chi connectivity index (χ4n) is 15.4. The highest BCUT2D eigenvalue weighted by molar-refractivity contribution is 7.91. The molecule has 8 heteroatoms. The summed E-state index contributed by atoms with van der Waals surface area (Å²) in [6.45, 7) is 22.7. The number of carbonyl (C=O) groups is 1. The number of nitrogens with one attached hydrogen (secondary N) is 1. The molecule has 0 spiro atoms. The molecule has 0 bridgehead atoms. The molecule has 7 aliphatic rings. The van der Waals surface area contributed by atoms with E-state index in [4.69, 9.17) is 0 Å². The molecule has 1 heterocycles. The Balaban J connectivity index is 1.12. The van der Waals surface area contributed by atoms with Gasteiger partial charge in [0.1, 0.15) is 6.67 Å². The molecular formula is C45H73FN2O4S. The highest BCUT2D eigenvalue weighted by atomic mass is 32.2. The lowest BCUT2D eigenvalue weighted by Gasteiger charge is -2.72. The maximum absolute atomic E-state index is 14.0. The highest BCUT2D eigenvalue weighted by Gasteiger charge is 2.70. The lowest BCUT2D eigenvalue weighted by atomic mass is 9.32. The first-order chi connectivity index (χ1) is 24.8. The summed E-state index contributed by atoms with van der Waals surface area (Å²) in [5.74, 6) is 3.85. The number of hydrogen-bond acceptors (Lipinski definition) is 5. The van der Waals surface area contributed by atoms with Crippen LogP contribution in [0.1, 0.15) is 132 Å². The van der Waals surface area contributed by atoms with Gasteiger partial charge in [-0.05, 0) is 151 Å². The number of hydrogen-bond donors (Lipinski definition) is 2. The van der Waals surface area contributed by atoms with Crippen molar-refractivity contribution in [3.05, 3.63) is 23.3 Å². The molecule has 0 amide bonds. The van der Waals surface area contributed by atoms with E-state index in [1.54, 1.807) is 0 Å². The Hall–Kier alpha value is -1.25. The van der Waals surface area contributed by atoms with Crippen molar-refractivity contribution in [3.63, 3.8) is 0 Å². The average molecular weight is 757 g/mol. The minimum Gasteiger partial charge on any atom is -0.481 e. The number of sulfone groups is 1. The number of aliphatic carboxylic acids is 1. The minimum atomic E-state index is -2.95. The van der Waals surface area contributed by atoms with Crippen molar-refractivity contribution in [1.29, 1.82) is 0 Å². The molecule has 6 nitrogen and oxygen atoms in total. The minimum absolute atomic E-state index is 0.00790. The first kappa shape index (κ1) is 40.0. The zero-order chi connectivity index (χ0) is 38.4. The Morgan fingerprint density at radius 2 is 1.72 bits per heavy atom. The van der Waals surface area contributed by atoms with Gasteiger partial charge < -0.3 is 15.3 Å². The number of carboxylic acids is 1. The molecule has 6 aliphatic carbocycles. The molecule has 11 atom stereocenters. The van der Waals surface area contributed by atoms with E-state index in [1.165, 1.54) is 62.5 Å². The van der Waals surface area contributed by atoms with Gasteiger partial charge >= 0.3 is 5.97 Å². The van der Waals surface area contributed by atoms with Gasteiger partial charge in [0, 0.05) is 31.7 Å². The molecule has 5 fully saturated rings. The number of nitrogens with zero attached hydrogens (tertiary/aromatic N) is 1. The van der Waals surface area contributed by atoms with Gasteiger partial charge in [0.2, 0.25) is 0 Å². The quantitative estimate of drug-likeness (QED) is 0.257. The van der Waals surface area contributed by atoms with Gasteiger partial charge in [-0.3, -0.25) is 4.79 Å². The van der Waals surface area contributed by atoms with E-state index in [1.807, 2.05) is 0 Å². The molecule has 300 valence electrons. The summed E-state index contributed by atoms with van der Waals surface area (Å²) in [4.78, 5) is 14.4. The zero-order valence-corrected chi connectivity index (χ0v) is 35.4. The van der Waals surface area contributed by atoms with Crippen LogP contribution in [-0.2, 0) is 14.6 Å². The van der Waals surface area contributed by atoms with Crippen LogP contribution in [0, 0.1) is 68.5 Å². The van der Waals surface area contributed by atoms with Crippen LogP contribution < -0.4 is 5.32 Å². The van der Waals surface area contributed by atoms with Crippen molar-refractivity contribution >= 4 is 15.8 Å². The Labute approximate surface area is 321 Å². The Morgan fingerprint density at radius 3 is 2.38 bits per heavy atom. The molecule has 2 N–H and O–H groups in total. The zero-order valence-electron chi connectivity index (χ0n) is 34.5. The van der Waals surface area contributed by atoms with Gasteiger partial charge in [-0.1, -0.05) is 67.5 Å². The summed E-state index contributed by atoms with van der Waals surface area (Å²) < 4.78 is 38.9. The molecule has 0 radical (unpaired) electrons. The van der Waals surface area contributed by atoms with Gasteiger partial charge in [-0.25, -0.2) is 12.8 Å². The molecular weight excluding hydrogens is 684 g/mol. The van der Waals surface area contributed by atoms with E-state index in [0.717, 1.165) is 32.0 Å².